The quantitative estimate of drug-likeness (QED) is 0.643. The first-order valence-corrected chi connectivity index (χ1v) is 4.44. The van der Waals surface area contributed by atoms with Gasteiger partial charge in [-0.1, -0.05) is 6.07 Å². The van der Waals surface area contributed by atoms with Crippen molar-refractivity contribution in [2.24, 2.45) is 0 Å². The molecular weight excluding hydrogens is 279 g/mol. The minimum atomic E-state index is -4.92. The second-order valence-electron chi connectivity index (χ2n) is 2.42. The van der Waals surface area contributed by atoms with E-state index < -0.39 is 12.1 Å². The Labute approximate surface area is 91.0 Å². The van der Waals surface area contributed by atoms with Gasteiger partial charge in [0.25, 0.3) is 0 Å². The molecule has 15 heavy (non-hydrogen) atoms. The largest absolute Gasteiger partial charge is 0.472 e. The van der Waals surface area contributed by atoms with Crippen LogP contribution in [0.25, 0.3) is 0 Å². The lowest BCUT2D eigenvalue weighted by atomic mass is 10.5. The van der Waals surface area contributed by atoms with Crippen LogP contribution in [-0.2, 0) is 4.79 Å². The molecule has 1 heterocycles. The van der Waals surface area contributed by atoms with Gasteiger partial charge < -0.3 is 0 Å². The van der Waals surface area contributed by atoms with Crippen LogP contribution in [0.2, 0.25) is 0 Å². The fraction of sp³-hybridized carbons (Fsp3) is 0.143. The maximum absolute atomic E-state index is 11.7. The van der Waals surface area contributed by atoms with E-state index in [0.717, 1.165) is 0 Å². The minimum absolute atomic E-state index is 0.0991. The van der Waals surface area contributed by atoms with Gasteiger partial charge in [0.05, 0.1) is 0 Å². The van der Waals surface area contributed by atoms with Gasteiger partial charge in [0.1, 0.15) is 10.4 Å². The molecule has 8 heteroatoms. The summed E-state index contributed by atoms with van der Waals surface area (Å²) in [4.78, 5) is 14.1. The highest BCUT2D eigenvalue weighted by atomic mass is 79.9. The minimum Gasteiger partial charge on any atom is -0.282 e. The van der Waals surface area contributed by atoms with Crippen molar-refractivity contribution in [3.8, 4) is 0 Å². The van der Waals surface area contributed by atoms with Gasteiger partial charge in [-0.05, 0) is 28.1 Å². The zero-order valence-electron chi connectivity index (χ0n) is 7.10. The second kappa shape index (κ2) is 4.47. The van der Waals surface area contributed by atoms with Crippen molar-refractivity contribution in [1.29, 1.82) is 0 Å². The van der Waals surface area contributed by atoms with E-state index in [4.69, 9.17) is 0 Å². The number of hydrogen-bond donors (Lipinski definition) is 2. The number of aromatic nitrogens is 1. The highest BCUT2D eigenvalue weighted by Gasteiger charge is 2.38. The fourth-order valence-corrected chi connectivity index (χ4v) is 1.01. The first-order valence-electron chi connectivity index (χ1n) is 3.65. The third kappa shape index (κ3) is 3.74. The molecule has 0 fully saturated rings. The molecule has 0 aliphatic carbocycles. The molecule has 82 valence electrons. The van der Waals surface area contributed by atoms with Crippen molar-refractivity contribution in [2.45, 2.75) is 6.18 Å². The lowest BCUT2D eigenvalue weighted by Gasteiger charge is -2.09. The maximum atomic E-state index is 11.7. The molecule has 0 atom stereocenters. The van der Waals surface area contributed by atoms with Crippen LogP contribution in [0, 0.1) is 0 Å². The average Bonchev–Trinajstić information content (AvgIpc) is 2.12. The van der Waals surface area contributed by atoms with Crippen LogP contribution in [0.15, 0.2) is 22.8 Å². The Hall–Kier alpha value is -1.31. The van der Waals surface area contributed by atoms with Crippen LogP contribution >= 0.6 is 15.9 Å². The van der Waals surface area contributed by atoms with Gasteiger partial charge in [-0.25, -0.2) is 4.98 Å². The van der Waals surface area contributed by atoms with Crippen molar-refractivity contribution in [2.75, 3.05) is 5.43 Å². The summed E-state index contributed by atoms with van der Waals surface area (Å²) in [6, 6.07) is 4.55. The number of anilines is 1. The molecule has 1 amide bonds. The maximum Gasteiger partial charge on any atom is 0.472 e. The Morgan fingerprint density at radius 2 is 2.07 bits per heavy atom. The van der Waals surface area contributed by atoms with Gasteiger partial charge in [0.2, 0.25) is 0 Å². The molecule has 4 nitrogen and oxygen atoms in total. The smallest absolute Gasteiger partial charge is 0.282 e. The highest BCUT2D eigenvalue weighted by Crippen LogP contribution is 2.14. The van der Waals surface area contributed by atoms with E-state index >= 15 is 0 Å². The topological polar surface area (TPSA) is 54.0 Å². The van der Waals surface area contributed by atoms with Crippen molar-refractivity contribution in [1.82, 2.24) is 10.4 Å². The third-order valence-corrected chi connectivity index (χ3v) is 1.72. The summed E-state index contributed by atoms with van der Waals surface area (Å²) in [5.41, 5.74) is 3.50. The number of halogens is 4. The van der Waals surface area contributed by atoms with E-state index in [1.807, 2.05) is 5.43 Å². The lowest BCUT2D eigenvalue weighted by molar-refractivity contribution is -0.173. The van der Waals surface area contributed by atoms with Crippen LogP contribution in [0.1, 0.15) is 0 Å². The van der Waals surface area contributed by atoms with Gasteiger partial charge in [0, 0.05) is 0 Å². The Morgan fingerprint density at radius 3 is 2.60 bits per heavy atom. The van der Waals surface area contributed by atoms with E-state index in [1.54, 1.807) is 12.1 Å². The second-order valence-corrected chi connectivity index (χ2v) is 3.23. The van der Waals surface area contributed by atoms with Crippen LogP contribution in [0.4, 0.5) is 19.0 Å². The van der Waals surface area contributed by atoms with E-state index in [2.05, 4.69) is 20.9 Å². The number of hydrogen-bond acceptors (Lipinski definition) is 3. The zero-order valence-corrected chi connectivity index (χ0v) is 8.69. The molecule has 0 radical (unpaired) electrons. The molecular formula is C7H5BrF3N3O. The first kappa shape index (κ1) is 11.8. The molecule has 0 bridgehead atoms. The molecule has 0 saturated heterocycles. The average molecular weight is 284 g/mol. The third-order valence-electron chi connectivity index (χ3n) is 1.28. The fourth-order valence-electron chi connectivity index (χ4n) is 0.670. The molecule has 1 aromatic heterocycles. The monoisotopic (exact) mass is 283 g/mol. The molecule has 0 aromatic carbocycles. The van der Waals surface area contributed by atoms with Crippen molar-refractivity contribution in [3.05, 3.63) is 22.8 Å². The van der Waals surface area contributed by atoms with Crippen molar-refractivity contribution >= 4 is 27.7 Å². The normalized spacial score (nSPS) is 10.9. The van der Waals surface area contributed by atoms with Crippen LogP contribution in [-0.4, -0.2) is 17.1 Å². The van der Waals surface area contributed by atoms with Gasteiger partial charge in [0.15, 0.2) is 0 Å². The number of rotatable bonds is 2. The molecule has 0 aliphatic rings. The van der Waals surface area contributed by atoms with E-state index in [-0.39, 0.29) is 5.82 Å². The summed E-state index contributed by atoms with van der Waals surface area (Å²) in [7, 11) is 0. The molecule has 0 saturated carbocycles. The van der Waals surface area contributed by atoms with Crippen LogP contribution < -0.4 is 10.9 Å². The van der Waals surface area contributed by atoms with Gasteiger partial charge in [-0.2, -0.15) is 13.2 Å². The number of amides is 1. The summed E-state index contributed by atoms with van der Waals surface area (Å²) in [6.45, 7) is 0. The Kier molecular flexibility index (Phi) is 3.51. The summed E-state index contributed by atoms with van der Waals surface area (Å²) < 4.78 is 35.7. The summed E-state index contributed by atoms with van der Waals surface area (Å²) in [5.74, 6) is -1.98. The Balaban J connectivity index is 2.55. The van der Waals surface area contributed by atoms with Crippen molar-refractivity contribution < 1.29 is 18.0 Å². The number of carbonyl (C=O) groups is 1. The molecule has 1 rings (SSSR count). The summed E-state index contributed by atoms with van der Waals surface area (Å²) in [6.07, 6.45) is -4.92. The van der Waals surface area contributed by atoms with E-state index in [1.165, 1.54) is 11.5 Å². The predicted molar refractivity (Wildman–Crippen MR) is 49.8 cm³/mol. The van der Waals surface area contributed by atoms with Crippen LogP contribution in [0.3, 0.4) is 0 Å². The zero-order chi connectivity index (χ0) is 11.5. The van der Waals surface area contributed by atoms with Crippen molar-refractivity contribution in [3.63, 3.8) is 0 Å². The van der Waals surface area contributed by atoms with Gasteiger partial charge >= 0.3 is 12.1 Å². The van der Waals surface area contributed by atoms with E-state index in [0.29, 0.717) is 4.60 Å². The Morgan fingerprint density at radius 1 is 1.40 bits per heavy atom. The van der Waals surface area contributed by atoms with Gasteiger partial charge in [-0.15, -0.1) is 0 Å². The van der Waals surface area contributed by atoms with Gasteiger partial charge in [-0.3, -0.25) is 15.6 Å². The lowest BCUT2D eigenvalue weighted by Crippen LogP contribution is -2.40. The molecule has 0 aliphatic heterocycles. The molecule has 1 aromatic rings. The molecule has 0 unspecified atom stereocenters. The molecule has 2 N–H and O–H groups in total. The Bertz CT molecular complexity index is 369. The SMILES string of the molecule is O=C(NNc1cccc(Br)n1)C(F)(F)F. The number of alkyl halides is 3. The number of pyridine rings is 1. The van der Waals surface area contributed by atoms with E-state index in [9.17, 15) is 18.0 Å². The first-order chi connectivity index (χ1) is 6.89. The highest BCUT2D eigenvalue weighted by molar-refractivity contribution is 9.10. The van der Waals surface area contributed by atoms with Crippen LogP contribution in [0.5, 0.6) is 0 Å². The standard InChI is InChI=1S/C7H5BrF3N3O/c8-4-2-1-3-5(12-4)13-14-6(15)7(9,10)11/h1-3H,(H,12,13)(H,14,15). The molecule has 0 spiro atoms. The number of hydrazine groups is 1. The number of nitrogens with zero attached hydrogens (tertiary/aromatic N) is 1. The summed E-state index contributed by atoms with van der Waals surface area (Å²) >= 11 is 3.02. The predicted octanol–water partition coefficient (Wildman–Crippen LogP) is 1.85. The summed E-state index contributed by atoms with van der Waals surface area (Å²) in [5, 5.41) is 0. The number of carbonyl (C=O) groups excluding carboxylic acids is 1. The number of nitrogens with one attached hydrogen (secondary N) is 2.